The number of rotatable bonds is 3. The van der Waals surface area contributed by atoms with Gasteiger partial charge in [0.1, 0.15) is 11.4 Å². The number of amides is 1. The van der Waals surface area contributed by atoms with Gasteiger partial charge >= 0.3 is 0 Å². The Hall–Kier alpha value is -3.45. The summed E-state index contributed by atoms with van der Waals surface area (Å²) in [6, 6.07) is 13.3. The molecule has 0 spiro atoms. The average Bonchev–Trinajstić information content (AvgIpc) is 3.02. The van der Waals surface area contributed by atoms with Crippen molar-refractivity contribution in [1.82, 2.24) is 14.8 Å². The molecule has 7 nitrogen and oxygen atoms in total. The van der Waals surface area contributed by atoms with E-state index < -0.39 is 5.91 Å². The lowest BCUT2D eigenvalue weighted by Gasteiger charge is -2.09. The van der Waals surface area contributed by atoms with Gasteiger partial charge in [0, 0.05) is 35.3 Å². The van der Waals surface area contributed by atoms with Crippen LogP contribution in [0.5, 0.6) is 0 Å². The van der Waals surface area contributed by atoms with Crippen molar-refractivity contribution < 1.29 is 9.21 Å². The number of benzene rings is 2. The van der Waals surface area contributed by atoms with Gasteiger partial charge in [-0.1, -0.05) is 30.2 Å². The van der Waals surface area contributed by atoms with Gasteiger partial charge in [-0.25, -0.2) is 0 Å². The molecule has 0 radical (unpaired) electrons. The Morgan fingerprint density at radius 2 is 1.97 bits per heavy atom. The quantitative estimate of drug-likeness (QED) is 0.505. The summed E-state index contributed by atoms with van der Waals surface area (Å²) in [6.07, 6.45) is 4.33. The topological polar surface area (TPSA) is 90.0 Å². The van der Waals surface area contributed by atoms with Crippen LogP contribution in [0, 0.1) is 0 Å². The van der Waals surface area contributed by atoms with Crippen LogP contribution in [0.1, 0.15) is 35.6 Å². The summed E-state index contributed by atoms with van der Waals surface area (Å²) in [6.45, 7) is 0.889. The number of nitrogens with zero attached hydrogens (tertiary/aromatic N) is 3. The van der Waals surface area contributed by atoms with Gasteiger partial charge in [0.05, 0.1) is 5.39 Å². The Balaban J connectivity index is 1.43. The smallest absolute Gasteiger partial charge is 0.291 e. The molecule has 156 valence electrons. The van der Waals surface area contributed by atoms with Gasteiger partial charge in [-0.05, 0) is 43.2 Å². The van der Waals surface area contributed by atoms with Crippen LogP contribution in [0.3, 0.4) is 0 Å². The van der Waals surface area contributed by atoms with Crippen LogP contribution >= 0.6 is 11.6 Å². The molecule has 1 aliphatic heterocycles. The first-order chi connectivity index (χ1) is 15.1. The molecule has 1 N–H and O–H groups in total. The largest absolute Gasteiger partial charge is 0.451 e. The zero-order chi connectivity index (χ0) is 21.4. The normalized spacial score (nSPS) is 13.6. The van der Waals surface area contributed by atoms with E-state index in [0.29, 0.717) is 21.7 Å². The molecule has 31 heavy (non-hydrogen) atoms. The zero-order valence-electron chi connectivity index (χ0n) is 16.6. The lowest BCUT2D eigenvalue weighted by atomic mass is 10.1. The van der Waals surface area contributed by atoms with Crippen LogP contribution < -0.4 is 10.7 Å². The number of anilines is 1. The minimum Gasteiger partial charge on any atom is -0.451 e. The molecule has 1 aliphatic rings. The van der Waals surface area contributed by atoms with Crippen molar-refractivity contribution in [2.45, 2.75) is 32.2 Å². The number of aryl methyl sites for hydroxylation is 1. The van der Waals surface area contributed by atoms with Crippen molar-refractivity contribution in [3.63, 3.8) is 0 Å². The first-order valence-corrected chi connectivity index (χ1v) is 10.5. The Kier molecular flexibility index (Phi) is 5.03. The van der Waals surface area contributed by atoms with Gasteiger partial charge in [0.15, 0.2) is 17.0 Å². The van der Waals surface area contributed by atoms with Crippen LogP contribution in [0.25, 0.3) is 22.4 Å². The summed E-state index contributed by atoms with van der Waals surface area (Å²) in [5, 5.41) is 12.3. The molecule has 2 aromatic carbocycles. The van der Waals surface area contributed by atoms with Crippen molar-refractivity contribution >= 4 is 34.2 Å². The van der Waals surface area contributed by atoms with Gasteiger partial charge < -0.3 is 14.3 Å². The van der Waals surface area contributed by atoms with Crippen molar-refractivity contribution in [2.24, 2.45) is 0 Å². The third kappa shape index (κ3) is 3.84. The van der Waals surface area contributed by atoms with Gasteiger partial charge in [0.2, 0.25) is 0 Å². The summed E-state index contributed by atoms with van der Waals surface area (Å²) in [4.78, 5) is 25.1. The van der Waals surface area contributed by atoms with Crippen molar-refractivity contribution in [3.05, 3.63) is 75.4 Å². The molecule has 0 unspecified atom stereocenters. The highest BCUT2D eigenvalue weighted by Crippen LogP contribution is 2.25. The Bertz CT molecular complexity index is 1360. The van der Waals surface area contributed by atoms with Gasteiger partial charge in [-0.2, -0.15) is 0 Å². The molecule has 1 amide bonds. The average molecular weight is 435 g/mol. The Morgan fingerprint density at radius 3 is 2.87 bits per heavy atom. The van der Waals surface area contributed by atoms with Crippen LogP contribution in [0.4, 0.5) is 5.69 Å². The molecule has 0 aliphatic carbocycles. The number of halogens is 1. The molecule has 0 bridgehead atoms. The van der Waals surface area contributed by atoms with E-state index in [9.17, 15) is 9.59 Å². The molecule has 0 saturated heterocycles. The number of carbonyl (C=O) groups excluding carboxylic acids is 1. The van der Waals surface area contributed by atoms with E-state index in [1.54, 1.807) is 18.2 Å². The number of hydrogen-bond donors (Lipinski definition) is 1. The number of nitrogens with one attached hydrogen (secondary N) is 1. The SMILES string of the molecule is O=C(Nc1cccc(-c2nnc3n2CCCCC3)c1)c1cc(=O)c2cc(Cl)ccc2o1. The molecule has 3 heterocycles. The molecular weight excluding hydrogens is 416 g/mol. The third-order valence-electron chi connectivity index (χ3n) is 5.40. The summed E-state index contributed by atoms with van der Waals surface area (Å²) in [5.74, 6) is 1.22. The standard InChI is InChI=1S/C23H19ClN4O3/c24-15-8-9-19-17(12-15)18(29)13-20(31-19)23(30)25-16-6-4-5-14(11-16)22-27-26-21-7-2-1-3-10-28(21)22/h4-6,8-9,11-13H,1-3,7,10H2,(H,25,30). The number of fused-ring (bicyclic) bond motifs is 2. The summed E-state index contributed by atoms with van der Waals surface area (Å²) in [7, 11) is 0. The minimum atomic E-state index is -0.508. The molecule has 4 aromatic rings. The summed E-state index contributed by atoms with van der Waals surface area (Å²) >= 11 is 5.94. The van der Waals surface area contributed by atoms with Gasteiger partial charge in [-0.15, -0.1) is 10.2 Å². The first-order valence-electron chi connectivity index (χ1n) is 10.2. The zero-order valence-corrected chi connectivity index (χ0v) is 17.4. The third-order valence-corrected chi connectivity index (χ3v) is 5.64. The number of aromatic nitrogens is 3. The van der Waals surface area contributed by atoms with E-state index in [0.717, 1.165) is 43.0 Å². The fraction of sp³-hybridized carbons (Fsp3) is 0.217. The van der Waals surface area contributed by atoms with Crippen LogP contribution in [-0.2, 0) is 13.0 Å². The summed E-state index contributed by atoms with van der Waals surface area (Å²) in [5.41, 5.74) is 1.43. The van der Waals surface area contributed by atoms with E-state index in [4.69, 9.17) is 16.0 Å². The second kappa shape index (κ2) is 8.00. The first kappa shape index (κ1) is 19.5. The van der Waals surface area contributed by atoms with E-state index in [-0.39, 0.29) is 11.2 Å². The number of carbonyl (C=O) groups is 1. The Morgan fingerprint density at radius 1 is 1.06 bits per heavy atom. The maximum Gasteiger partial charge on any atom is 0.291 e. The molecule has 0 fully saturated rings. The fourth-order valence-corrected chi connectivity index (χ4v) is 4.04. The van der Waals surface area contributed by atoms with E-state index in [2.05, 4.69) is 20.1 Å². The summed E-state index contributed by atoms with van der Waals surface area (Å²) < 4.78 is 7.78. The fourth-order valence-electron chi connectivity index (χ4n) is 3.87. The van der Waals surface area contributed by atoms with Crippen molar-refractivity contribution in [2.75, 3.05) is 5.32 Å². The van der Waals surface area contributed by atoms with Crippen LogP contribution in [0.15, 0.2) is 57.7 Å². The molecule has 2 aromatic heterocycles. The Labute approximate surface area is 182 Å². The minimum absolute atomic E-state index is 0.0680. The van der Waals surface area contributed by atoms with Crippen molar-refractivity contribution in [3.8, 4) is 11.4 Å². The highest BCUT2D eigenvalue weighted by atomic mass is 35.5. The van der Waals surface area contributed by atoms with Crippen LogP contribution in [0.2, 0.25) is 5.02 Å². The van der Waals surface area contributed by atoms with E-state index in [1.807, 2.05) is 18.2 Å². The molecule has 0 atom stereocenters. The second-order valence-corrected chi connectivity index (χ2v) is 7.99. The van der Waals surface area contributed by atoms with Crippen LogP contribution in [-0.4, -0.2) is 20.7 Å². The predicted octanol–water partition coefficient (Wildman–Crippen LogP) is 4.68. The molecule has 0 saturated carbocycles. The van der Waals surface area contributed by atoms with E-state index in [1.165, 1.54) is 18.6 Å². The highest BCUT2D eigenvalue weighted by molar-refractivity contribution is 6.31. The lowest BCUT2D eigenvalue weighted by molar-refractivity contribution is 0.0997. The highest BCUT2D eigenvalue weighted by Gasteiger charge is 2.17. The second-order valence-electron chi connectivity index (χ2n) is 7.55. The van der Waals surface area contributed by atoms with Crippen molar-refractivity contribution in [1.29, 1.82) is 0 Å². The molecule has 5 rings (SSSR count). The molecular formula is C23H19ClN4O3. The molecule has 8 heteroatoms. The number of hydrogen-bond acceptors (Lipinski definition) is 5. The van der Waals surface area contributed by atoms with Gasteiger partial charge in [0.25, 0.3) is 5.91 Å². The predicted molar refractivity (Wildman–Crippen MR) is 118 cm³/mol. The van der Waals surface area contributed by atoms with E-state index >= 15 is 0 Å². The lowest BCUT2D eigenvalue weighted by Crippen LogP contribution is -2.15. The monoisotopic (exact) mass is 434 g/mol. The van der Waals surface area contributed by atoms with Gasteiger partial charge in [-0.3, -0.25) is 9.59 Å². The maximum atomic E-state index is 12.7. The maximum absolute atomic E-state index is 12.7.